The number of hydrogen-bond donors (Lipinski definition) is 18. The molecule has 18 N–H and O–H groups in total. The van der Waals surface area contributed by atoms with Crippen LogP contribution in [0.4, 0.5) is 0 Å². The number of aromatic carboxylic acids is 3. The average molecular weight is 1100 g/mol. The topological polar surface area (TPSA) is 531 Å². The van der Waals surface area contributed by atoms with Gasteiger partial charge in [0.05, 0.1) is 40.0 Å². The molecule has 1 saturated heterocycles. The van der Waals surface area contributed by atoms with Crippen molar-refractivity contribution < 1.29 is 154 Å². The highest BCUT2D eigenvalue weighted by molar-refractivity contribution is 6.11. The number of carbonyl (C=O) groups is 6. The van der Waals surface area contributed by atoms with Crippen LogP contribution >= 0.6 is 0 Å². The Morgan fingerprint density at radius 3 is 1.58 bits per heavy atom. The van der Waals surface area contributed by atoms with Crippen LogP contribution in [0.25, 0.3) is 22.3 Å². The molecular formula is C48H32O31. The van der Waals surface area contributed by atoms with Crippen LogP contribution < -0.4 is 14.2 Å². The van der Waals surface area contributed by atoms with Gasteiger partial charge in [0.25, 0.3) is 0 Å². The van der Waals surface area contributed by atoms with E-state index in [-0.39, 0.29) is 0 Å². The molecule has 3 heterocycles. The molecule has 31 nitrogen and oxygen atoms in total. The first-order chi connectivity index (χ1) is 37.2. The molecule has 0 spiro atoms. The van der Waals surface area contributed by atoms with E-state index in [2.05, 4.69) is 0 Å². The number of aromatic hydroxyl groups is 13. The predicted octanol–water partition coefficient (Wildman–Crippen LogP) is 2.98. The van der Waals surface area contributed by atoms with Crippen molar-refractivity contribution in [3.8, 4) is 131 Å². The molecule has 9 rings (SSSR count). The zero-order valence-electron chi connectivity index (χ0n) is 38.5. The third kappa shape index (κ3) is 8.40. The summed E-state index contributed by atoms with van der Waals surface area (Å²) in [7, 11) is 0. The Morgan fingerprint density at radius 1 is 0.506 bits per heavy atom. The van der Waals surface area contributed by atoms with E-state index in [1.54, 1.807) is 0 Å². The Balaban J connectivity index is 1.15. The van der Waals surface area contributed by atoms with Crippen LogP contribution in [-0.4, -0.2) is 165 Å². The number of benzene rings is 6. The van der Waals surface area contributed by atoms with Gasteiger partial charge >= 0.3 is 35.8 Å². The minimum Gasteiger partial charge on any atom is -0.504 e. The SMILES string of the molecule is O=C(O)c1cc(O)c(O)c(Oc2c3c(c(O)c(-c4c(C(=O)O)cc(O)c(O)c4O)c2C(=O)O)Oc2c(O)cc(C(=O)OC4OC(CO)C5OC(=O)c6cc(O)c(O)c(O)c6-c6c(cc(O)c(O)c6O)C(=O)OC4C5O)cc2O3)c1. The van der Waals surface area contributed by atoms with Gasteiger partial charge in [0.1, 0.15) is 17.8 Å². The number of aliphatic hydroxyl groups excluding tert-OH is 2. The number of aliphatic hydroxyl groups is 2. The molecule has 0 saturated carbocycles. The summed E-state index contributed by atoms with van der Waals surface area (Å²) >= 11 is 0. The summed E-state index contributed by atoms with van der Waals surface area (Å²) < 4.78 is 39.0. The molecule has 6 aromatic carbocycles. The summed E-state index contributed by atoms with van der Waals surface area (Å²) in [6, 6.07) is 3.39. The molecule has 0 aliphatic carbocycles. The van der Waals surface area contributed by atoms with Gasteiger partial charge in [-0.1, -0.05) is 0 Å². The molecule has 1 fully saturated rings. The molecule has 410 valence electrons. The standard InChI is InChI=1S/C48H32O31/c49-8-21-37-35(63)40(78-47(72)13-7-17(53)30(58)33(61)24(13)23-12(46(71)77-37)6-16(52)29(57)32(23)60)48(75-21)79-45(70)10-2-18(54)36-20(4-10)74-41-38(73-19-3-9(42(64)65)1-14(50)27(19)55)26(44(68)69)25(34(62)39(41)76-36)22-11(43(66)67)5-15(51)28(56)31(22)59/h1-7,21,35,37,40,48-63H,8H2,(H,64,65)(H,66,67)(H,68,69). The summed E-state index contributed by atoms with van der Waals surface area (Å²) in [4.78, 5) is 79.8. The highest BCUT2D eigenvalue weighted by Gasteiger charge is 2.53. The maximum atomic E-state index is 14.1. The third-order valence-corrected chi connectivity index (χ3v) is 12.2. The maximum absolute atomic E-state index is 14.1. The zero-order chi connectivity index (χ0) is 57.7. The molecule has 31 heteroatoms. The number of phenols is 13. The van der Waals surface area contributed by atoms with Gasteiger partial charge in [-0.05, 0) is 42.5 Å². The van der Waals surface area contributed by atoms with E-state index in [0.29, 0.717) is 42.5 Å². The van der Waals surface area contributed by atoms with Gasteiger partial charge in [-0.3, -0.25) is 0 Å². The van der Waals surface area contributed by atoms with Crippen molar-refractivity contribution >= 4 is 35.8 Å². The zero-order valence-corrected chi connectivity index (χ0v) is 38.5. The fourth-order valence-electron chi connectivity index (χ4n) is 8.54. The fraction of sp³-hybridized carbons (Fsp3) is 0.125. The molecule has 3 aliphatic rings. The van der Waals surface area contributed by atoms with Crippen molar-refractivity contribution in [2.75, 3.05) is 6.61 Å². The van der Waals surface area contributed by atoms with Crippen molar-refractivity contribution in [3.05, 3.63) is 75.8 Å². The molecule has 5 atom stereocenters. The molecular weight excluding hydrogens is 1070 g/mol. The van der Waals surface area contributed by atoms with Crippen molar-refractivity contribution in [1.82, 2.24) is 0 Å². The van der Waals surface area contributed by atoms with Crippen molar-refractivity contribution in [2.45, 2.75) is 30.7 Å². The lowest BCUT2D eigenvalue weighted by Crippen LogP contribution is -2.61. The number of esters is 3. The monoisotopic (exact) mass is 1100 g/mol. The van der Waals surface area contributed by atoms with Crippen molar-refractivity contribution in [3.63, 3.8) is 0 Å². The molecule has 0 radical (unpaired) electrons. The summed E-state index contributed by atoms with van der Waals surface area (Å²) in [5, 5.41) is 192. The Labute approximate surface area is 433 Å². The summed E-state index contributed by atoms with van der Waals surface area (Å²) in [6.07, 6.45) is -11.4. The van der Waals surface area contributed by atoms with Crippen LogP contribution in [0.2, 0.25) is 0 Å². The van der Waals surface area contributed by atoms with E-state index in [1.165, 1.54) is 0 Å². The second-order valence-electron chi connectivity index (χ2n) is 16.9. The summed E-state index contributed by atoms with van der Waals surface area (Å²) in [5.74, 6) is -35.4. The van der Waals surface area contributed by atoms with E-state index < -0.39 is 238 Å². The van der Waals surface area contributed by atoms with E-state index in [0.717, 1.165) is 0 Å². The van der Waals surface area contributed by atoms with Gasteiger partial charge in [-0.2, -0.15) is 0 Å². The van der Waals surface area contributed by atoms with Crippen LogP contribution in [0.5, 0.6) is 109 Å². The smallest absolute Gasteiger partial charge is 0.340 e. The molecule has 3 aliphatic heterocycles. The van der Waals surface area contributed by atoms with Crippen LogP contribution in [0.1, 0.15) is 62.1 Å². The second kappa shape index (κ2) is 18.9. The number of rotatable bonds is 9. The second-order valence-corrected chi connectivity index (χ2v) is 16.9. The number of fused-ring (bicyclic) bond motifs is 7. The quantitative estimate of drug-likeness (QED) is 0.0561. The predicted molar refractivity (Wildman–Crippen MR) is 245 cm³/mol. The third-order valence-electron chi connectivity index (χ3n) is 12.2. The van der Waals surface area contributed by atoms with Gasteiger partial charge in [-0.15, -0.1) is 0 Å². The van der Waals surface area contributed by atoms with Gasteiger partial charge in [0.15, 0.2) is 81.2 Å². The number of carbonyl (C=O) groups excluding carboxylic acids is 3. The van der Waals surface area contributed by atoms with Crippen LogP contribution in [0.3, 0.4) is 0 Å². The lowest BCUT2D eigenvalue weighted by molar-refractivity contribution is -0.283. The molecule has 6 aromatic rings. The number of hydrogen-bond acceptors (Lipinski definition) is 28. The summed E-state index contributed by atoms with van der Waals surface area (Å²) in [6.45, 7) is -1.23. The van der Waals surface area contributed by atoms with E-state index in [9.17, 15) is 121 Å². The van der Waals surface area contributed by atoms with Crippen molar-refractivity contribution in [1.29, 1.82) is 0 Å². The number of ether oxygens (including phenoxy) is 7. The maximum Gasteiger partial charge on any atom is 0.340 e. The largest absolute Gasteiger partial charge is 0.504 e. The highest BCUT2D eigenvalue weighted by Crippen LogP contribution is 2.63. The first-order valence-electron chi connectivity index (χ1n) is 21.7. The number of carboxylic acid groups (broad SMARTS) is 3. The first kappa shape index (κ1) is 52.7. The van der Waals surface area contributed by atoms with Gasteiger partial charge in [0, 0.05) is 16.7 Å². The van der Waals surface area contributed by atoms with Gasteiger partial charge < -0.3 is 125 Å². The van der Waals surface area contributed by atoms with E-state index in [1.807, 2.05) is 0 Å². The van der Waals surface area contributed by atoms with Crippen LogP contribution in [-0.2, 0) is 18.9 Å². The average Bonchev–Trinajstić information content (AvgIpc) is 3.68. The lowest BCUT2D eigenvalue weighted by atomic mass is 9.91. The normalized spacial score (nSPS) is 18.1. The molecule has 0 aromatic heterocycles. The Kier molecular flexibility index (Phi) is 12.6. The minimum atomic E-state index is -2.45. The van der Waals surface area contributed by atoms with E-state index >= 15 is 0 Å². The summed E-state index contributed by atoms with van der Waals surface area (Å²) in [5.41, 5.74) is -11.2. The lowest BCUT2D eigenvalue weighted by Gasteiger charge is -2.42. The molecule has 79 heavy (non-hydrogen) atoms. The van der Waals surface area contributed by atoms with Crippen molar-refractivity contribution in [2.24, 2.45) is 0 Å². The van der Waals surface area contributed by atoms with Crippen LogP contribution in [0.15, 0.2) is 42.5 Å². The highest BCUT2D eigenvalue weighted by atomic mass is 16.7. The molecule has 0 amide bonds. The van der Waals surface area contributed by atoms with Crippen LogP contribution in [0, 0.1) is 0 Å². The molecule has 5 unspecified atom stereocenters. The van der Waals surface area contributed by atoms with Gasteiger partial charge in [-0.25, -0.2) is 28.8 Å². The number of carboxylic acids is 3. The Morgan fingerprint density at radius 2 is 1.04 bits per heavy atom. The Bertz CT molecular complexity index is 3730. The minimum absolute atomic E-state index is 0.312. The van der Waals surface area contributed by atoms with Gasteiger partial charge in [0.2, 0.25) is 46.5 Å². The first-order valence-corrected chi connectivity index (χ1v) is 21.7. The molecule has 2 bridgehead atoms. The Hall–Kier alpha value is -11.2. The number of phenolic OH excluding ortho intramolecular Hbond substituents is 13. The van der Waals surface area contributed by atoms with E-state index in [4.69, 9.17) is 33.2 Å². The fourth-order valence-corrected chi connectivity index (χ4v) is 8.54.